The number of amides is 2. The maximum Gasteiger partial charge on any atom is 0.242 e. The molecule has 1 aromatic rings. The van der Waals surface area contributed by atoms with Crippen LogP contribution in [0.3, 0.4) is 0 Å². The van der Waals surface area contributed by atoms with Crippen LogP contribution in [0.1, 0.15) is 44.2 Å². The third-order valence-electron chi connectivity index (χ3n) is 6.92. The summed E-state index contributed by atoms with van der Waals surface area (Å²) in [5, 5.41) is 2.99. The van der Waals surface area contributed by atoms with Crippen LogP contribution in [0, 0.1) is 23.2 Å². The van der Waals surface area contributed by atoms with E-state index in [1.54, 1.807) is 18.2 Å². The fourth-order valence-electron chi connectivity index (χ4n) is 6.02. The smallest absolute Gasteiger partial charge is 0.242 e. The first-order valence-electron chi connectivity index (χ1n) is 10.5. The van der Waals surface area contributed by atoms with E-state index in [4.69, 9.17) is 4.74 Å². The predicted molar refractivity (Wildman–Crippen MR) is 105 cm³/mol. The van der Waals surface area contributed by atoms with Gasteiger partial charge in [0.1, 0.15) is 0 Å². The Morgan fingerprint density at radius 2 is 1.86 bits per heavy atom. The number of rotatable bonds is 8. The molecule has 0 saturated heterocycles. The van der Waals surface area contributed by atoms with Gasteiger partial charge in [-0.15, -0.1) is 0 Å². The maximum absolute atomic E-state index is 13.1. The van der Waals surface area contributed by atoms with Crippen molar-refractivity contribution in [2.75, 3.05) is 26.8 Å². The van der Waals surface area contributed by atoms with Gasteiger partial charge in [-0.3, -0.25) is 14.6 Å². The molecule has 0 aliphatic heterocycles. The zero-order chi connectivity index (χ0) is 19.6. The summed E-state index contributed by atoms with van der Waals surface area (Å²) < 4.78 is 5.15. The van der Waals surface area contributed by atoms with E-state index in [2.05, 4.69) is 10.3 Å². The van der Waals surface area contributed by atoms with Gasteiger partial charge in [-0.2, -0.15) is 0 Å². The lowest BCUT2D eigenvalue weighted by Gasteiger charge is -2.55. The Hall–Kier alpha value is -1.95. The molecule has 152 valence electrons. The van der Waals surface area contributed by atoms with Crippen LogP contribution in [-0.2, 0) is 20.9 Å². The van der Waals surface area contributed by atoms with Gasteiger partial charge in [-0.05, 0) is 68.4 Å². The van der Waals surface area contributed by atoms with Crippen LogP contribution in [0.15, 0.2) is 24.4 Å². The van der Waals surface area contributed by atoms with Crippen molar-refractivity contribution in [1.29, 1.82) is 0 Å². The number of carbonyl (C=O) groups excluding carboxylic acids is 2. The molecule has 0 aromatic carbocycles. The number of hydrogen-bond donors (Lipinski definition) is 1. The fourth-order valence-corrected chi connectivity index (χ4v) is 6.02. The number of nitrogens with zero attached hydrogens (tertiary/aromatic N) is 2. The molecule has 1 aromatic heterocycles. The van der Waals surface area contributed by atoms with Crippen LogP contribution < -0.4 is 5.32 Å². The van der Waals surface area contributed by atoms with Crippen molar-refractivity contribution in [3.63, 3.8) is 0 Å². The molecule has 28 heavy (non-hydrogen) atoms. The lowest BCUT2D eigenvalue weighted by Crippen LogP contribution is -2.54. The summed E-state index contributed by atoms with van der Waals surface area (Å²) in [7, 11) is 1.62. The van der Waals surface area contributed by atoms with Gasteiger partial charge in [0.2, 0.25) is 11.8 Å². The van der Waals surface area contributed by atoms with Crippen LogP contribution >= 0.6 is 0 Å². The second-order valence-corrected chi connectivity index (χ2v) is 9.01. The van der Waals surface area contributed by atoms with E-state index >= 15 is 0 Å². The maximum atomic E-state index is 13.1. The summed E-state index contributed by atoms with van der Waals surface area (Å²) >= 11 is 0. The molecule has 5 rings (SSSR count). The van der Waals surface area contributed by atoms with Crippen LogP contribution in [-0.4, -0.2) is 48.5 Å². The first-order chi connectivity index (χ1) is 13.6. The van der Waals surface area contributed by atoms with Gasteiger partial charge in [0, 0.05) is 25.3 Å². The van der Waals surface area contributed by atoms with E-state index in [0.717, 1.165) is 42.7 Å². The van der Waals surface area contributed by atoms with E-state index in [1.807, 2.05) is 18.2 Å². The molecule has 4 fully saturated rings. The Balaban J connectivity index is 1.35. The van der Waals surface area contributed by atoms with E-state index in [0.29, 0.717) is 19.7 Å². The van der Waals surface area contributed by atoms with Crippen molar-refractivity contribution in [3.05, 3.63) is 30.1 Å². The highest BCUT2D eigenvalue weighted by Crippen LogP contribution is 2.60. The molecule has 6 nitrogen and oxygen atoms in total. The first-order valence-corrected chi connectivity index (χ1v) is 10.5. The average molecular weight is 386 g/mol. The highest BCUT2D eigenvalue weighted by atomic mass is 16.5. The highest BCUT2D eigenvalue weighted by Gasteiger charge is 2.54. The van der Waals surface area contributed by atoms with E-state index in [9.17, 15) is 9.59 Å². The van der Waals surface area contributed by atoms with Crippen molar-refractivity contribution in [2.24, 2.45) is 23.2 Å². The summed E-state index contributed by atoms with van der Waals surface area (Å²) in [4.78, 5) is 31.9. The minimum atomic E-state index is -0.215. The number of ether oxygens (including phenoxy) is 1. The molecule has 4 aliphatic rings. The van der Waals surface area contributed by atoms with E-state index < -0.39 is 0 Å². The Bertz CT molecular complexity index is 671. The molecule has 4 saturated carbocycles. The summed E-state index contributed by atoms with van der Waals surface area (Å²) in [5.41, 5.74) is 0.618. The van der Waals surface area contributed by atoms with E-state index in [-0.39, 0.29) is 23.8 Å². The van der Waals surface area contributed by atoms with Gasteiger partial charge < -0.3 is 15.0 Å². The lowest BCUT2D eigenvalue weighted by atomic mass is 9.49. The molecular formula is C22H31N3O3. The van der Waals surface area contributed by atoms with Crippen LogP contribution in [0.4, 0.5) is 0 Å². The normalized spacial score (nSPS) is 30.2. The van der Waals surface area contributed by atoms with Gasteiger partial charge in [0.15, 0.2) is 0 Å². The number of aromatic nitrogens is 1. The van der Waals surface area contributed by atoms with Gasteiger partial charge in [-0.25, -0.2) is 0 Å². The molecular weight excluding hydrogens is 354 g/mol. The van der Waals surface area contributed by atoms with E-state index in [1.165, 1.54) is 19.3 Å². The lowest BCUT2D eigenvalue weighted by molar-refractivity contribution is -0.148. The van der Waals surface area contributed by atoms with Gasteiger partial charge in [0.05, 0.1) is 25.4 Å². The number of carbonyl (C=O) groups is 2. The van der Waals surface area contributed by atoms with Crippen molar-refractivity contribution < 1.29 is 14.3 Å². The van der Waals surface area contributed by atoms with Crippen molar-refractivity contribution >= 4 is 11.8 Å². The standard InChI is InChI=1S/C22H31N3O3/c1-28-7-6-25(15-19-4-2-3-5-23-19)20(26)14-24-21(27)22-11-16-8-17(12-22)10-18(9-16)13-22/h2-5,16-18H,6-15H2,1H3,(H,24,27). The third-order valence-corrected chi connectivity index (χ3v) is 6.92. The summed E-state index contributed by atoms with van der Waals surface area (Å²) in [5.74, 6) is 2.17. The summed E-state index contributed by atoms with van der Waals surface area (Å²) in [6.07, 6.45) is 8.69. The molecule has 2 amide bonds. The molecule has 4 aliphatic carbocycles. The Labute approximate surface area is 167 Å². The SMILES string of the molecule is COCCN(Cc1ccccn1)C(=O)CNC(=O)C12CC3CC(CC(C3)C1)C2. The second-order valence-electron chi connectivity index (χ2n) is 9.01. The van der Waals surface area contributed by atoms with Crippen molar-refractivity contribution in [1.82, 2.24) is 15.2 Å². The topological polar surface area (TPSA) is 71.5 Å². The molecule has 6 heteroatoms. The molecule has 0 unspecified atom stereocenters. The largest absolute Gasteiger partial charge is 0.383 e. The zero-order valence-corrected chi connectivity index (χ0v) is 16.7. The highest BCUT2D eigenvalue weighted by molar-refractivity contribution is 5.88. The minimum Gasteiger partial charge on any atom is -0.383 e. The number of pyridine rings is 1. The molecule has 0 spiro atoms. The average Bonchev–Trinajstić information content (AvgIpc) is 2.68. The first kappa shape index (κ1) is 19.4. The second kappa shape index (κ2) is 8.19. The molecule has 4 bridgehead atoms. The van der Waals surface area contributed by atoms with Crippen molar-refractivity contribution in [2.45, 2.75) is 45.1 Å². The Morgan fingerprint density at radius 1 is 1.18 bits per heavy atom. The number of nitrogens with one attached hydrogen (secondary N) is 1. The monoisotopic (exact) mass is 385 g/mol. The third kappa shape index (κ3) is 4.07. The van der Waals surface area contributed by atoms with Crippen molar-refractivity contribution in [3.8, 4) is 0 Å². The summed E-state index contributed by atoms with van der Waals surface area (Å²) in [6.45, 7) is 1.42. The molecule has 0 radical (unpaired) electrons. The minimum absolute atomic E-state index is 0.0527. The van der Waals surface area contributed by atoms with Crippen LogP contribution in [0.25, 0.3) is 0 Å². The number of methoxy groups -OCH3 is 1. The van der Waals surface area contributed by atoms with Gasteiger partial charge in [-0.1, -0.05) is 6.07 Å². The van der Waals surface area contributed by atoms with Crippen LogP contribution in [0.5, 0.6) is 0 Å². The quantitative estimate of drug-likeness (QED) is 0.746. The molecule has 1 N–H and O–H groups in total. The zero-order valence-electron chi connectivity index (χ0n) is 16.7. The predicted octanol–water partition coefficient (Wildman–Crippen LogP) is 2.39. The summed E-state index contributed by atoms with van der Waals surface area (Å²) in [6, 6.07) is 5.67. The Morgan fingerprint density at radius 3 is 2.43 bits per heavy atom. The number of hydrogen-bond acceptors (Lipinski definition) is 4. The van der Waals surface area contributed by atoms with Crippen LogP contribution in [0.2, 0.25) is 0 Å². The molecule has 1 heterocycles. The Kier molecular flexibility index (Phi) is 5.67. The fraction of sp³-hybridized carbons (Fsp3) is 0.682. The van der Waals surface area contributed by atoms with Gasteiger partial charge in [0.25, 0.3) is 0 Å². The molecule has 0 atom stereocenters. The van der Waals surface area contributed by atoms with Gasteiger partial charge >= 0.3 is 0 Å².